The lowest BCUT2D eigenvalue weighted by Gasteiger charge is -2.52. The van der Waals surface area contributed by atoms with Gasteiger partial charge in [0.15, 0.2) is 0 Å². The maximum atomic E-state index is 11.8. The van der Waals surface area contributed by atoms with Crippen LogP contribution in [0.1, 0.15) is 45.4 Å². The molecule has 4 heteroatoms. The Morgan fingerprint density at radius 3 is 2.76 bits per heavy atom. The molecule has 0 aromatic carbocycles. The van der Waals surface area contributed by atoms with E-state index in [-0.39, 0.29) is 5.41 Å². The summed E-state index contributed by atoms with van der Waals surface area (Å²) >= 11 is 12.8. The zero-order valence-corrected chi connectivity index (χ0v) is 12.0. The van der Waals surface area contributed by atoms with Gasteiger partial charge in [0.25, 0.3) is 0 Å². The summed E-state index contributed by atoms with van der Waals surface area (Å²) in [5.74, 6) is 0.778. The largest absolute Gasteiger partial charge is 0.467 e. The van der Waals surface area contributed by atoms with Gasteiger partial charge in [-0.05, 0) is 37.5 Å². The Morgan fingerprint density at radius 1 is 1.41 bits per heavy atom. The molecule has 3 unspecified atom stereocenters. The first-order chi connectivity index (χ1) is 7.91. The minimum Gasteiger partial charge on any atom is -0.467 e. The van der Waals surface area contributed by atoms with Crippen LogP contribution in [0.5, 0.6) is 0 Å². The molecule has 2 aliphatic carbocycles. The van der Waals surface area contributed by atoms with E-state index in [1.807, 2.05) is 0 Å². The van der Waals surface area contributed by atoms with Gasteiger partial charge in [0.2, 0.25) is 4.33 Å². The van der Waals surface area contributed by atoms with Gasteiger partial charge in [0.05, 0.1) is 7.11 Å². The average molecular weight is 279 g/mol. The number of ether oxygens (including phenoxy) is 1. The molecule has 0 heterocycles. The van der Waals surface area contributed by atoms with Crippen molar-refractivity contribution < 1.29 is 9.53 Å². The summed E-state index contributed by atoms with van der Waals surface area (Å²) < 4.78 is 3.41. The molecular formula is C13H20Cl2O2. The number of methoxy groups -OCH3 is 1. The fraction of sp³-hybridized carbons (Fsp3) is 0.923. The van der Waals surface area contributed by atoms with Crippen LogP contribution in [0.15, 0.2) is 0 Å². The van der Waals surface area contributed by atoms with Crippen molar-refractivity contribution in [1.82, 2.24) is 0 Å². The van der Waals surface area contributed by atoms with E-state index >= 15 is 0 Å². The van der Waals surface area contributed by atoms with E-state index in [0.717, 1.165) is 25.7 Å². The number of fused-ring (bicyclic) bond motifs is 2. The number of esters is 1. The molecule has 0 N–H and O–H groups in total. The Balaban J connectivity index is 2.29. The normalized spacial score (nSPS) is 37.6. The molecule has 0 aromatic rings. The Hall–Kier alpha value is 0.0500. The number of rotatable bonds is 2. The monoisotopic (exact) mass is 278 g/mol. The fourth-order valence-electron chi connectivity index (χ4n) is 3.95. The predicted octanol–water partition coefficient (Wildman–Crippen LogP) is 3.94. The second-order valence-electron chi connectivity index (χ2n) is 5.85. The molecule has 2 fully saturated rings. The first kappa shape index (κ1) is 13.5. The van der Waals surface area contributed by atoms with E-state index in [1.54, 1.807) is 0 Å². The van der Waals surface area contributed by atoms with Crippen molar-refractivity contribution in [2.45, 2.75) is 49.8 Å². The van der Waals surface area contributed by atoms with Gasteiger partial charge >= 0.3 is 5.97 Å². The Kier molecular flexibility index (Phi) is 3.66. The van der Waals surface area contributed by atoms with Crippen LogP contribution in [0.3, 0.4) is 0 Å². The lowest BCUT2D eigenvalue weighted by molar-refractivity contribution is -0.147. The number of hydrogen-bond acceptors (Lipinski definition) is 2. The highest BCUT2D eigenvalue weighted by Crippen LogP contribution is 2.60. The predicted molar refractivity (Wildman–Crippen MR) is 69.2 cm³/mol. The smallest absolute Gasteiger partial charge is 0.342 e. The third-order valence-electron chi connectivity index (χ3n) is 4.53. The molecular weight excluding hydrogens is 259 g/mol. The summed E-state index contributed by atoms with van der Waals surface area (Å²) in [6.07, 6.45) is 6.46. The van der Waals surface area contributed by atoms with Gasteiger partial charge in [0.1, 0.15) is 0 Å². The zero-order chi connectivity index (χ0) is 12.7. The average Bonchev–Trinajstić information content (AvgIpc) is 2.26. The van der Waals surface area contributed by atoms with Crippen LogP contribution in [0.2, 0.25) is 0 Å². The SMILES string of the molecule is COC(=O)C(Cl)(Cl)C12CCCC(CC(C)C1)C2. The van der Waals surface area contributed by atoms with E-state index in [4.69, 9.17) is 27.9 Å². The van der Waals surface area contributed by atoms with Crippen molar-refractivity contribution in [3.63, 3.8) is 0 Å². The maximum Gasteiger partial charge on any atom is 0.342 e. The number of alkyl halides is 2. The van der Waals surface area contributed by atoms with Crippen molar-refractivity contribution >= 4 is 29.2 Å². The molecule has 2 nitrogen and oxygen atoms in total. The van der Waals surface area contributed by atoms with Crippen molar-refractivity contribution in [3.05, 3.63) is 0 Å². The zero-order valence-electron chi connectivity index (χ0n) is 10.5. The fourth-order valence-corrected chi connectivity index (χ4v) is 4.60. The molecule has 2 bridgehead atoms. The standard InChI is InChI=1S/C13H20Cl2O2/c1-9-6-10-4-3-5-12(7-9,8-10)13(14,15)11(16)17-2/h9-10H,3-8H2,1-2H3. The first-order valence-electron chi connectivity index (χ1n) is 6.37. The first-order valence-corrected chi connectivity index (χ1v) is 7.13. The molecule has 98 valence electrons. The highest BCUT2D eigenvalue weighted by atomic mass is 35.5. The van der Waals surface area contributed by atoms with Gasteiger partial charge in [-0.2, -0.15) is 0 Å². The van der Waals surface area contributed by atoms with Gasteiger partial charge in [0, 0.05) is 5.41 Å². The molecule has 0 aromatic heterocycles. The lowest BCUT2D eigenvalue weighted by atomic mass is 9.57. The van der Waals surface area contributed by atoms with Crippen LogP contribution >= 0.6 is 23.2 Å². The second-order valence-corrected chi connectivity index (χ2v) is 7.18. The lowest BCUT2D eigenvalue weighted by Crippen LogP contribution is -2.52. The van der Waals surface area contributed by atoms with Gasteiger partial charge in [-0.25, -0.2) is 4.79 Å². The molecule has 2 rings (SSSR count). The van der Waals surface area contributed by atoms with Crippen LogP contribution in [0.4, 0.5) is 0 Å². The Bertz CT molecular complexity index is 313. The minimum atomic E-state index is -1.38. The van der Waals surface area contributed by atoms with Crippen LogP contribution in [-0.4, -0.2) is 17.4 Å². The third-order valence-corrected chi connectivity index (χ3v) is 5.64. The molecule has 17 heavy (non-hydrogen) atoms. The molecule has 0 radical (unpaired) electrons. The number of hydrogen-bond donors (Lipinski definition) is 0. The van der Waals surface area contributed by atoms with Crippen LogP contribution in [0.25, 0.3) is 0 Å². The van der Waals surface area contributed by atoms with Crippen LogP contribution in [0, 0.1) is 17.3 Å². The van der Waals surface area contributed by atoms with E-state index in [1.165, 1.54) is 20.0 Å². The molecule has 0 aliphatic heterocycles. The maximum absolute atomic E-state index is 11.8. The van der Waals surface area contributed by atoms with Gasteiger partial charge in [-0.1, -0.05) is 43.0 Å². The summed E-state index contributed by atoms with van der Waals surface area (Å²) in [4.78, 5) is 11.8. The second kappa shape index (κ2) is 4.62. The summed E-state index contributed by atoms with van der Waals surface area (Å²) in [5.41, 5.74) is -0.274. The van der Waals surface area contributed by atoms with E-state index in [9.17, 15) is 4.79 Å². The summed E-state index contributed by atoms with van der Waals surface area (Å²) in [7, 11) is 1.35. The molecule has 0 amide bonds. The summed E-state index contributed by atoms with van der Waals surface area (Å²) in [5, 5.41) is 0. The molecule has 0 saturated heterocycles. The van der Waals surface area contributed by atoms with Gasteiger partial charge in [-0.3, -0.25) is 0 Å². The van der Waals surface area contributed by atoms with Crippen molar-refractivity contribution in [1.29, 1.82) is 0 Å². The van der Waals surface area contributed by atoms with E-state index < -0.39 is 10.3 Å². The van der Waals surface area contributed by atoms with E-state index in [2.05, 4.69) is 6.92 Å². The van der Waals surface area contributed by atoms with Crippen LogP contribution < -0.4 is 0 Å². The Labute approximate surface area is 113 Å². The van der Waals surface area contributed by atoms with E-state index in [0.29, 0.717) is 11.8 Å². The molecule has 3 atom stereocenters. The number of carbonyl (C=O) groups excluding carboxylic acids is 1. The summed E-state index contributed by atoms with van der Waals surface area (Å²) in [6.45, 7) is 2.23. The molecule has 2 saturated carbocycles. The number of carbonyl (C=O) groups is 1. The quantitative estimate of drug-likeness (QED) is 0.565. The summed E-state index contributed by atoms with van der Waals surface area (Å²) in [6, 6.07) is 0. The highest BCUT2D eigenvalue weighted by Gasteiger charge is 2.58. The van der Waals surface area contributed by atoms with Crippen molar-refractivity contribution in [2.75, 3.05) is 7.11 Å². The highest BCUT2D eigenvalue weighted by molar-refractivity contribution is 6.58. The molecule has 2 aliphatic rings. The topological polar surface area (TPSA) is 26.3 Å². The van der Waals surface area contributed by atoms with Gasteiger partial charge in [-0.15, -0.1) is 0 Å². The Morgan fingerprint density at radius 2 is 2.12 bits per heavy atom. The third kappa shape index (κ3) is 2.19. The number of halogens is 2. The van der Waals surface area contributed by atoms with Gasteiger partial charge < -0.3 is 4.74 Å². The minimum absolute atomic E-state index is 0.274. The van der Waals surface area contributed by atoms with Crippen LogP contribution in [-0.2, 0) is 9.53 Å². The van der Waals surface area contributed by atoms with Crippen molar-refractivity contribution in [2.24, 2.45) is 17.3 Å². The molecule has 0 spiro atoms. The van der Waals surface area contributed by atoms with Crippen molar-refractivity contribution in [3.8, 4) is 0 Å².